The number of aromatic amines is 1. The Morgan fingerprint density at radius 2 is 2.57 bits per heavy atom. The van der Waals surface area contributed by atoms with E-state index in [1.807, 2.05) is 0 Å². The molecule has 0 radical (unpaired) electrons. The first-order valence-corrected chi connectivity index (χ1v) is 4.35. The monoisotopic (exact) mass is 198 g/mol. The van der Waals surface area contributed by atoms with Crippen LogP contribution in [-0.4, -0.2) is 33.9 Å². The molecule has 0 aliphatic carbocycles. The van der Waals surface area contributed by atoms with Crippen molar-refractivity contribution in [3.8, 4) is 0 Å². The lowest BCUT2D eigenvalue weighted by atomic mass is 10.2. The van der Waals surface area contributed by atoms with Crippen LogP contribution >= 0.6 is 0 Å². The molecule has 1 heterocycles. The van der Waals surface area contributed by atoms with E-state index in [4.69, 9.17) is 10.8 Å². The minimum Gasteiger partial charge on any atom is -0.396 e. The highest BCUT2D eigenvalue weighted by molar-refractivity contribution is 5.97. The number of amides is 1. The average Bonchev–Trinajstić information content (AvgIpc) is 2.51. The smallest absolute Gasteiger partial charge is 0.271 e. The van der Waals surface area contributed by atoms with Crippen molar-refractivity contribution in [1.29, 1.82) is 0 Å². The van der Waals surface area contributed by atoms with Gasteiger partial charge in [0.05, 0.1) is 11.9 Å². The first-order valence-electron chi connectivity index (χ1n) is 4.35. The van der Waals surface area contributed by atoms with E-state index in [9.17, 15) is 4.79 Å². The third-order valence-corrected chi connectivity index (χ3v) is 1.84. The molecule has 0 aliphatic rings. The summed E-state index contributed by atoms with van der Waals surface area (Å²) in [5.41, 5.74) is 6.06. The maximum absolute atomic E-state index is 11.5. The van der Waals surface area contributed by atoms with E-state index in [2.05, 4.69) is 15.5 Å². The van der Waals surface area contributed by atoms with Gasteiger partial charge in [-0.3, -0.25) is 9.89 Å². The van der Waals surface area contributed by atoms with Crippen molar-refractivity contribution < 1.29 is 9.90 Å². The fourth-order valence-corrected chi connectivity index (χ4v) is 1.04. The first kappa shape index (κ1) is 10.5. The molecule has 1 amide bonds. The number of hydrogen-bond donors (Lipinski definition) is 4. The number of anilines is 1. The van der Waals surface area contributed by atoms with Crippen LogP contribution in [0.3, 0.4) is 0 Å². The van der Waals surface area contributed by atoms with Gasteiger partial charge in [-0.05, 0) is 13.3 Å². The Morgan fingerprint density at radius 3 is 3.07 bits per heavy atom. The minimum absolute atomic E-state index is 0.0416. The average molecular weight is 198 g/mol. The van der Waals surface area contributed by atoms with Crippen LogP contribution in [0.4, 0.5) is 5.69 Å². The number of rotatable bonds is 4. The molecule has 0 spiro atoms. The van der Waals surface area contributed by atoms with E-state index in [0.29, 0.717) is 12.1 Å². The topological polar surface area (TPSA) is 104 Å². The molecule has 0 saturated heterocycles. The molecule has 5 N–H and O–H groups in total. The van der Waals surface area contributed by atoms with Crippen molar-refractivity contribution in [2.24, 2.45) is 0 Å². The van der Waals surface area contributed by atoms with E-state index in [1.54, 1.807) is 6.92 Å². The van der Waals surface area contributed by atoms with Crippen LogP contribution in [0.1, 0.15) is 23.8 Å². The van der Waals surface area contributed by atoms with E-state index < -0.39 is 0 Å². The van der Waals surface area contributed by atoms with Crippen LogP contribution in [0.25, 0.3) is 0 Å². The lowest BCUT2D eigenvalue weighted by molar-refractivity contribution is 0.0930. The number of nitrogens with two attached hydrogens (primary N) is 1. The van der Waals surface area contributed by atoms with Crippen LogP contribution in [0, 0.1) is 0 Å². The van der Waals surface area contributed by atoms with Crippen molar-refractivity contribution in [3.05, 3.63) is 11.9 Å². The summed E-state index contributed by atoms with van der Waals surface area (Å²) in [5, 5.41) is 17.5. The van der Waals surface area contributed by atoms with Crippen molar-refractivity contribution in [1.82, 2.24) is 15.5 Å². The molecule has 0 aliphatic heterocycles. The van der Waals surface area contributed by atoms with Gasteiger partial charge >= 0.3 is 0 Å². The number of aromatic nitrogens is 2. The third kappa shape index (κ3) is 2.46. The highest BCUT2D eigenvalue weighted by atomic mass is 16.3. The Labute approximate surface area is 81.5 Å². The number of H-pyrrole nitrogens is 1. The largest absolute Gasteiger partial charge is 0.396 e. The van der Waals surface area contributed by atoms with Crippen molar-refractivity contribution in [3.63, 3.8) is 0 Å². The molecule has 0 fully saturated rings. The molecule has 1 aromatic heterocycles. The van der Waals surface area contributed by atoms with Crippen molar-refractivity contribution in [2.45, 2.75) is 19.4 Å². The highest BCUT2D eigenvalue weighted by Gasteiger charge is 2.13. The van der Waals surface area contributed by atoms with Gasteiger partial charge in [0.15, 0.2) is 0 Å². The first-order chi connectivity index (χ1) is 6.65. The van der Waals surface area contributed by atoms with Gasteiger partial charge in [-0.15, -0.1) is 0 Å². The summed E-state index contributed by atoms with van der Waals surface area (Å²) in [6, 6.07) is -0.0878. The lowest BCUT2D eigenvalue weighted by Crippen LogP contribution is -2.33. The Balaban J connectivity index is 2.55. The van der Waals surface area contributed by atoms with Crippen LogP contribution in [0.5, 0.6) is 0 Å². The third-order valence-electron chi connectivity index (χ3n) is 1.84. The molecule has 1 rings (SSSR count). The Morgan fingerprint density at radius 1 is 1.86 bits per heavy atom. The maximum Gasteiger partial charge on any atom is 0.271 e. The SMILES string of the molecule is CC(CCO)NC(=O)c1[nH]ncc1N. The second kappa shape index (κ2) is 4.61. The number of hydrogen-bond acceptors (Lipinski definition) is 4. The molecule has 1 atom stereocenters. The number of carbonyl (C=O) groups is 1. The number of aliphatic hydroxyl groups excluding tert-OH is 1. The number of aliphatic hydroxyl groups is 1. The van der Waals surface area contributed by atoms with Gasteiger partial charge in [-0.25, -0.2) is 0 Å². The summed E-state index contributed by atoms with van der Waals surface area (Å²) >= 11 is 0. The second-order valence-corrected chi connectivity index (χ2v) is 3.09. The number of nitrogens with zero attached hydrogens (tertiary/aromatic N) is 1. The molecular weight excluding hydrogens is 184 g/mol. The molecule has 6 heteroatoms. The van der Waals surface area contributed by atoms with Crippen molar-refractivity contribution in [2.75, 3.05) is 12.3 Å². The zero-order chi connectivity index (χ0) is 10.6. The van der Waals surface area contributed by atoms with E-state index in [0.717, 1.165) is 0 Å². The number of nitrogens with one attached hydrogen (secondary N) is 2. The molecule has 14 heavy (non-hydrogen) atoms. The quantitative estimate of drug-likeness (QED) is 0.523. The van der Waals surface area contributed by atoms with Crippen LogP contribution in [0.15, 0.2) is 6.20 Å². The van der Waals surface area contributed by atoms with Crippen LogP contribution < -0.4 is 11.1 Å². The maximum atomic E-state index is 11.5. The summed E-state index contributed by atoms with van der Waals surface area (Å²) in [7, 11) is 0. The zero-order valence-electron chi connectivity index (χ0n) is 7.95. The molecule has 78 valence electrons. The molecule has 1 aromatic rings. The summed E-state index contributed by atoms with van der Waals surface area (Å²) in [6.45, 7) is 1.85. The highest BCUT2D eigenvalue weighted by Crippen LogP contribution is 2.05. The van der Waals surface area contributed by atoms with Gasteiger partial charge in [-0.2, -0.15) is 5.10 Å². The fourth-order valence-electron chi connectivity index (χ4n) is 1.04. The standard InChI is InChI=1S/C8H14N4O2/c1-5(2-3-13)11-8(14)7-6(9)4-10-12-7/h4-5,13H,2-3,9H2,1H3,(H,10,12)(H,11,14). The Hall–Kier alpha value is -1.56. The van der Waals surface area contributed by atoms with Crippen molar-refractivity contribution >= 4 is 11.6 Å². The molecular formula is C8H14N4O2. The summed E-state index contributed by atoms with van der Waals surface area (Å²) in [4.78, 5) is 11.5. The van der Waals surface area contributed by atoms with Crippen LogP contribution in [-0.2, 0) is 0 Å². The number of nitrogen functional groups attached to an aromatic ring is 1. The molecule has 0 aromatic carbocycles. The lowest BCUT2D eigenvalue weighted by Gasteiger charge is -2.11. The predicted octanol–water partition coefficient (Wildman–Crippen LogP) is -0.507. The summed E-state index contributed by atoms with van der Waals surface area (Å²) in [5.74, 6) is -0.305. The van der Waals surface area contributed by atoms with Gasteiger partial charge in [0, 0.05) is 12.6 Å². The number of carbonyl (C=O) groups excluding carboxylic acids is 1. The summed E-state index contributed by atoms with van der Waals surface area (Å²) in [6.07, 6.45) is 1.89. The van der Waals surface area contributed by atoms with E-state index >= 15 is 0 Å². The van der Waals surface area contributed by atoms with Crippen LogP contribution in [0.2, 0.25) is 0 Å². The van der Waals surface area contributed by atoms with Gasteiger partial charge in [0.25, 0.3) is 5.91 Å². The second-order valence-electron chi connectivity index (χ2n) is 3.09. The van der Waals surface area contributed by atoms with Gasteiger partial charge < -0.3 is 16.2 Å². The predicted molar refractivity (Wildman–Crippen MR) is 51.6 cm³/mol. The molecule has 1 unspecified atom stereocenters. The normalized spacial score (nSPS) is 12.4. The fraction of sp³-hybridized carbons (Fsp3) is 0.500. The Kier molecular flexibility index (Phi) is 3.47. The van der Waals surface area contributed by atoms with E-state index in [-0.39, 0.29) is 24.2 Å². The van der Waals surface area contributed by atoms with E-state index in [1.165, 1.54) is 6.20 Å². The van der Waals surface area contributed by atoms with Gasteiger partial charge in [0.2, 0.25) is 0 Å². The van der Waals surface area contributed by atoms with Gasteiger partial charge in [0.1, 0.15) is 5.69 Å². The van der Waals surface area contributed by atoms with Gasteiger partial charge in [-0.1, -0.05) is 0 Å². The minimum atomic E-state index is -0.305. The molecule has 6 nitrogen and oxygen atoms in total. The molecule has 0 bridgehead atoms. The zero-order valence-corrected chi connectivity index (χ0v) is 7.95. The Bertz CT molecular complexity index is 310. The molecule has 0 saturated carbocycles. The summed E-state index contributed by atoms with van der Waals surface area (Å²) < 4.78 is 0.